The van der Waals surface area contributed by atoms with Gasteiger partial charge in [0.2, 0.25) is 5.91 Å². The number of rotatable bonds is 6. The van der Waals surface area contributed by atoms with Gasteiger partial charge in [-0.05, 0) is 39.5 Å². The lowest BCUT2D eigenvalue weighted by molar-refractivity contribution is -0.151. The summed E-state index contributed by atoms with van der Waals surface area (Å²) in [5.74, 6) is 1.45. The Kier molecular flexibility index (Phi) is 5.66. The molecule has 8 heteroatoms. The van der Waals surface area contributed by atoms with E-state index in [1.165, 1.54) is 24.6 Å². The zero-order valence-electron chi connectivity index (χ0n) is 15.1. The zero-order chi connectivity index (χ0) is 18.0. The Bertz CT molecular complexity index is 636. The van der Waals surface area contributed by atoms with Crippen LogP contribution in [0.25, 0.3) is 0 Å². The fourth-order valence-corrected chi connectivity index (χ4v) is 4.09. The zero-order valence-corrected chi connectivity index (χ0v) is 15.9. The maximum Gasteiger partial charge on any atom is 0.309 e. The lowest BCUT2D eigenvalue weighted by Gasteiger charge is -2.32. The van der Waals surface area contributed by atoms with Crippen LogP contribution in [-0.4, -0.2) is 56.5 Å². The molecule has 1 aliphatic heterocycles. The van der Waals surface area contributed by atoms with Crippen molar-refractivity contribution in [3.63, 3.8) is 0 Å². The highest BCUT2D eigenvalue weighted by molar-refractivity contribution is 8.00. The fraction of sp³-hybridized carbons (Fsp3) is 0.765. The molecule has 0 spiro atoms. The van der Waals surface area contributed by atoms with E-state index in [0.29, 0.717) is 38.5 Å². The molecule has 2 fully saturated rings. The molecule has 2 aliphatic rings. The number of hydrogen-bond donors (Lipinski definition) is 0. The van der Waals surface area contributed by atoms with E-state index in [-0.39, 0.29) is 23.0 Å². The summed E-state index contributed by atoms with van der Waals surface area (Å²) in [4.78, 5) is 26.4. The predicted octanol–water partition coefficient (Wildman–Crippen LogP) is 1.97. The van der Waals surface area contributed by atoms with E-state index in [2.05, 4.69) is 10.2 Å². The minimum atomic E-state index is -0.214. The van der Waals surface area contributed by atoms with E-state index in [1.807, 2.05) is 30.4 Å². The molecule has 0 unspecified atom stereocenters. The first-order valence-corrected chi connectivity index (χ1v) is 9.90. The lowest BCUT2D eigenvalue weighted by Crippen LogP contribution is -2.43. The molecule has 25 heavy (non-hydrogen) atoms. The third-order valence-electron chi connectivity index (χ3n) is 4.87. The van der Waals surface area contributed by atoms with Crippen LogP contribution in [0.1, 0.15) is 51.3 Å². The Balaban J connectivity index is 1.52. The molecule has 7 nitrogen and oxygen atoms in total. The highest BCUT2D eigenvalue weighted by Crippen LogP contribution is 2.39. The van der Waals surface area contributed by atoms with Crippen LogP contribution in [-0.2, 0) is 21.4 Å². The highest BCUT2D eigenvalue weighted by atomic mass is 32.2. The van der Waals surface area contributed by atoms with Gasteiger partial charge in [-0.25, -0.2) is 0 Å². The van der Waals surface area contributed by atoms with E-state index in [0.717, 1.165) is 11.0 Å². The van der Waals surface area contributed by atoms with Crippen molar-refractivity contribution in [3.05, 3.63) is 5.82 Å². The van der Waals surface area contributed by atoms with Gasteiger partial charge in [0.25, 0.3) is 0 Å². The van der Waals surface area contributed by atoms with Crippen molar-refractivity contribution >= 4 is 23.6 Å². The molecule has 0 N–H and O–H groups in total. The number of esters is 1. The Morgan fingerprint density at radius 1 is 1.24 bits per heavy atom. The standard InChI is InChI=1S/C17H26N4O3S/c1-4-24-16(23)13-7-9-21(10-8-13)15(22)11(2)25-17-19-18-14(20(17)3)12-5-6-12/h11-13H,4-10H2,1-3H3/t11-/m1/s1. The summed E-state index contributed by atoms with van der Waals surface area (Å²) >= 11 is 1.46. The number of ether oxygens (including phenoxy) is 1. The molecule has 1 saturated heterocycles. The van der Waals surface area contributed by atoms with Crippen LogP contribution in [0.5, 0.6) is 0 Å². The first kappa shape index (κ1) is 18.2. The Hall–Kier alpha value is -1.57. The third kappa shape index (κ3) is 4.16. The van der Waals surface area contributed by atoms with E-state index in [4.69, 9.17) is 4.74 Å². The van der Waals surface area contributed by atoms with Gasteiger partial charge in [-0.3, -0.25) is 9.59 Å². The van der Waals surface area contributed by atoms with Crippen LogP contribution in [0.3, 0.4) is 0 Å². The van der Waals surface area contributed by atoms with Gasteiger partial charge >= 0.3 is 5.97 Å². The summed E-state index contributed by atoms with van der Waals surface area (Å²) in [5.41, 5.74) is 0. The number of carbonyl (C=O) groups excluding carboxylic acids is 2. The molecule has 138 valence electrons. The van der Waals surface area contributed by atoms with Crippen molar-refractivity contribution in [1.29, 1.82) is 0 Å². The Labute approximate surface area is 152 Å². The monoisotopic (exact) mass is 366 g/mol. The molecule has 0 radical (unpaired) electrons. The normalized spacial score (nSPS) is 19.7. The van der Waals surface area contributed by atoms with Crippen molar-refractivity contribution in [1.82, 2.24) is 19.7 Å². The summed E-state index contributed by atoms with van der Waals surface area (Å²) in [6.45, 7) is 5.36. The number of likely N-dealkylation sites (tertiary alicyclic amines) is 1. The van der Waals surface area contributed by atoms with Gasteiger partial charge in [-0.15, -0.1) is 10.2 Å². The molecule has 2 heterocycles. The fourth-order valence-electron chi connectivity index (χ4n) is 3.19. The van der Waals surface area contributed by atoms with Gasteiger partial charge in [0, 0.05) is 26.1 Å². The van der Waals surface area contributed by atoms with Crippen LogP contribution in [0, 0.1) is 5.92 Å². The summed E-state index contributed by atoms with van der Waals surface area (Å²) in [7, 11) is 1.97. The summed E-state index contributed by atoms with van der Waals surface area (Å²) < 4.78 is 7.09. The SMILES string of the molecule is CCOC(=O)C1CCN(C(=O)[C@@H](C)Sc2nnc(C3CC3)n2C)CC1. The van der Waals surface area contributed by atoms with Gasteiger partial charge < -0.3 is 14.2 Å². The van der Waals surface area contributed by atoms with Crippen molar-refractivity contribution < 1.29 is 14.3 Å². The minimum Gasteiger partial charge on any atom is -0.466 e. The Morgan fingerprint density at radius 3 is 2.52 bits per heavy atom. The van der Waals surface area contributed by atoms with E-state index in [9.17, 15) is 9.59 Å². The largest absolute Gasteiger partial charge is 0.466 e. The molecule has 1 aromatic heterocycles. The molecule has 1 amide bonds. The Morgan fingerprint density at radius 2 is 1.92 bits per heavy atom. The van der Waals surface area contributed by atoms with Crippen LogP contribution in [0.2, 0.25) is 0 Å². The van der Waals surface area contributed by atoms with Gasteiger partial charge in [-0.1, -0.05) is 11.8 Å². The summed E-state index contributed by atoms with van der Waals surface area (Å²) in [6.07, 6.45) is 3.72. The molecule has 1 saturated carbocycles. The summed E-state index contributed by atoms with van der Waals surface area (Å²) in [5, 5.41) is 9.09. The average molecular weight is 366 g/mol. The van der Waals surface area contributed by atoms with E-state index < -0.39 is 0 Å². The van der Waals surface area contributed by atoms with Gasteiger partial charge in [-0.2, -0.15) is 0 Å². The van der Waals surface area contributed by atoms with Crippen molar-refractivity contribution in [2.24, 2.45) is 13.0 Å². The van der Waals surface area contributed by atoms with Crippen LogP contribution < -0.4 is 0 Å². The second-order valence-corrected chi connectivity index (χ2v) is 8.09. The van der Waals surface area contributed by atoms with Gasteiger partial charge in [0.05, 0.1) is 17.8 Å². The molecular formula is C17H26N4O3S. The third-order valence-corrected chi connectivity index (χ3v) is 5.99. The molecule has 1 aromatic rings. The van der Waals surface area contributed by atoms with Crippen molar-refractivity contribution in [3.8, 4) is 0 Å². The number of piperidine rings is 1. The molecule has 1 aliphatic carbocycles. The summed E-state index contributed by atoms with van der Waals surface area (Å²) in [6, 6.07) is 0. The topological polar surface area (TPSA) is 77.3 Å². The maximum absolute atomic E-state index is 12.7. The first-order valence-electron chi connectivity index (χ1n) is 9.02. The van der Waals surface area contributed by atoms with Gasteiger partial charge in [0.15, 0.2) is 5.16 Å². The smallest absolute Gasteiger partial charge is 0.309 e. The van der Waals surface area contributed by atoms with Crippen LogP contribution in [0.15, 0.2) is 5.16 Å². The molecule has 1 atom stereocenters. The minimum absolute atomic E-state index is 0.0770. The molecule has 0 aromatic carbocycles. The second-order valence-electron chi connectivity index (χ2n) is 6.79. The molecule has 3 rings (SSSR count). The van der Waals surface area contributed by atoms with E-state index in [1.54, 1.807) is 0 Å². The average Bonchev–Trinajstić information content (AvgIpc) is 3.39. The molecular weight excluding hydrogens is 340 g/mol. The number of aromatic nitrogens is 3. The highest BCUT2D eigenvalue weighted by Gasteiger charge is 2.32. The van der Waals surface area contributed by atoms with Gasteiger partial charge in [0.1, 0.15) is 5.82 Å². The maximum atomic E-state index is 12.7. The van der Waals surface area contributed by atoms with Crippen LogP contribution >= 0.6 is 11.8 Å². The van der Waals surface area contributed by atoms with Crippen molar-refractivity contribution in [2.45, 2.75) is 55.9 Å². The van der Waals surface area contributed by atoms with Crippen molar-refractivity contribution in [2.75, 3.05) is 19.7 Å². The lowest BCUT2D eigenvalue weighted by atomic mass is 9.97. The second kappa shape index (κ2) is 7.76. The quantitative estimate of drug-likeness (QED) is 0.566. The number of carbonyl (C=O) groups is 2. The number of nitrogens with zero attached hydrogens (tertiary/aromatic N) is 4. The number of hydrogen-bond acceptors (Lipinski definition) is 6. The van der Waals surface area contributed by atoms with Crippen LogP contribution in [0.4, 0.5) is 0 Å². The first-order chi connectivity index (χ1) is 12.0. The number of thioether (sulfide) groups is 1. The number of amides is 1. The van der Waals surface area contributed by atoms with E-state index >= 15 is 0 Å². The molecule has 0 bridgehead atoms. The predicted molar refractivity (Wildman–Crippen MR) is 94.2 cm³/mol.